The maximum absolute atomic E-state index is 12.6. The van der Waals surface area contributed by atoms with Gasteiger partial charge in [0.25, 0.3) is 0 Å². The smallest absolute Gasteiger partial charge is 0.223 e. The number of likely N-dealkylation sites (tertiary alicyclic amines) is 1. The predicted molar refractivity (Wildman–Crippen MR) is 126 cm³/mol. The first kappa shape index (κ1) is 19.0. The highest BCUT2D eigenvalue weighted by atomic mass is 32.1. The third-order valence-electron chi connectivity index (χ3n) is 7.77. The number of hydrogen-bond donors (Lipinski definition) is 0. The standard InChI is InChI=1S/C25H27N5OS/c31-21-9-6-16-14-29(12-10-19(16)30(21)17-7-8-17)24-22-18-4-1-5-20(18)32-25(22)28-23(27-24)15-3-2-11-26-13-15/h2-3,11,13,16-17,19H,1,4-10,12,14H2. The fraction of sp³-hybridized carbons (Fsp3) is 0.520. The molecule has 0 N–H and O–H groups in total. The Morgan fingerprint density at radius 1 is 1.06 bits per heavy atom. The topological polar surface area (TPSA) is 62.2 Å². The number of rotatable bonds is 3. The van der Waals surface area contributed by atoms with Crippen LogP contribution in [0.2, 0.25) is 0 Å². The number of anilines is 1. The van der Waals surface area contributed by atoms with Crippen molar-refractivity contribution in [2.24, 2.45) is 5.92 Å². The molecule has 2 atom stereocenters. The van der Waals surface area contributed by atoms with E-state index in [2.05, 4.69) is 14.8 Å². The summed E-state index contributed by atoms with van der Waals surface area (Å²) in [6, 6.07) is 4.94. The van der Waals surface area contributed by atoms with Crippen LogP contribution in [-0.2, 0) is 17.6 Å². The molecule has 2 aliphatic carbocycles. The molecule has 2 saturated heterocycles. The Labute approximate surface area is 191 Å². The fourth-order valence-electron chi connectivity index (χ4n) is 6.14. The van der Waals surface area contributed by atoms with Crippen molar-refractivity contribution in [3.05, 3.63) is 35.0 Å². The van der Waals surface area contributed by atoms with Crippen molar-refractivity contribution in [2.45, 2.75) is 63.5 Å². The number of thiophene rings is 1. The molecule has 0 bridgehead atoms. The van der Waals surface area contributed by atoms with E-state index in [1.54, 1.807) is 6.20 Å². The van der Waals surface area contributed by atoms with Crippen LogP contribution in [0.5, 0.6) is 0 Å². The number of fused-ring (bicyclic) bond motifs is 4. The predicted octanol–water partition coefficient (Wildman–Crippen LogP) is 4.22. The molecule has 3 aromatic rings. The second kappa shape index (κ2) is 7.24. The van der Waals surface area contributed by atoms with Crippen LogP contribution >= 0.6 is 11.3 Å². The lowest BCUT2D eigenvalue weighted by Gasteiger charge is -2.47. The lowest BCUT2D eigenvalue weighted by Crippen LogP contribution is -2.56. The molecule has 0 aromatic carbocycles. The highest BCUT2D eigenvalue weighted by Crippen LogP contribution is 2.44. The van der Waals surface area contributed by atoms with Crippen molar-refractivity contribution in [1.29, 1.82) is 0 Å². The molecule has 7 rings (SSSR count). The van der Waals surface area contributed by atoms with Crippen LogP contribution in [0.1, 0.15) is 49.0 Å². The average Bonchev–Trinajstić information content (AvgIpc) is 3.45. The monoisotopic (exact) mass is 445 g/mol. The van der Waals surface area contributed by atoms with E-state index in [4.69, 9.17) is 9.97 Å². The van der Waals surface area contributed by atoms with Gasteiger partial charge in [0.05, 0.1) is 5.39 Å². The molecule has 1 saturated carbocycles. The molecule has 5 heterocycles. The Kier molecular flexibility index (Phi) is 4.29. The highest BCUT2D eigenvalue weighted by Gasteiger charge is 2.45. The maximum atomic E-state index is 12.6. The molecule has 4 aliphatic rings. The van der Waals surface area contributed by atoms with Crippen LogP contribution < -0.4 is 4.90 Å². The highest BCUT2D eigenvalue weighted by molar-refractivity contribution is 7.19. The summed E-state index contributed by atoms with van der Waals surface area (Å²) in [5, 5.41) is 1.29. The minimum absolute atomic E-state index is 0.390. The SMILES string of the molecule is O=C1CCC2CN(c3nc(-c4cccnc4)nc4sc5c(c34)CCC5)CCC2N1C1CC1. The third-order valence-corrected chi connectivity index (χ3v) is 8.96. The molecule has 6 nitrogen and oxygen atoms in total. The molecular formula is C25H27N5OS. The molecule has 0 spiro atoms. The number of aryl methyl sites for hydroxylation is 2. The quantitative estimate of drug-likeness (QED) is 0.604. The number of amides is 1. The summed E-state index contributed by atoms with van der Waals surface area (Å²) < 4.78 is 0. The third kappa shape index (κ3) is 2.97. The van der Waals surface area contributed by atoms with E-state index < -0.39 is 0 Å². The van der Waals surface area contributed by atoms with Crippen molar-refractivity contribution in [3.63, 3.8) is 0 Å². The maximum Gasteiger partial charge on any atom is 0.223 e. The van der Waals surface area contributed by atoms with Gasteiger partial charge in [-0.05, 0) is 68.6 Å². The molecule has 164 valence electrons. The molecule has 2 unspecified atom stereocenters. The minimum atomic E-state index is 0.390. The number of carbonyl (C=O) groups excluding carboxylic acids is 1. The van der Waals surface area contributed by atoms with Crippen LogP contribution in [0, 0.1) is 5.92 Å². The summed E-state index contributed by atoms with van der Waals surface area (Å²) in [5.41, 5.74) is 2.46. The number of hydrogen-bond acceptors (Lipinski definition) is 6. The van der Waals surface area contributed by atoms with Crippen molar-refractivity contribution >= 4 is 33.3 Å². The summed E-state index contributed by atoms with van der Waals surface area (Å²) in [4.78, 5) is 34.5. The minimum Gasteiger partial charge on any atom is -0.356 e. The van der Waals surface area contributed by atoms with Gasteiger partial charge in [-0.15, -0.1) is 11.3 Å². The molecule has 0 radical (unpaired) electrons. The average molecular weight is 446 g/mol. The normalized spacial score (nSPS) is 25.3. The van der Waals surface area contributed by atoms with Crippen LogP contribution in [0.3, 0.4) is 0 Å². The molecule has 1 amide bonds. The van der Waals surface area contributed by atoms with E-state index in [1.165, 1.54) is 41.5 Å². The lowest BCUT2D eigenvalue weighted by molar-refractivity contribution is -0.140. The Bertz CT molecular complexity index is 1200. The van der Waals surface area contributed by atoms with E-state index in [9.17, 15) is 4.79 Å². The van der Waals surface area contributed by atoms with E-state index in [1.807, 2.05) is 29.7 Å². The Morgan fingerprint density at radius 2 is 2.00 bits per heavy atom. The molecule has 32 heavy (non-hydrogen) atoms. The summed E-state index contributed by atoms with van der Waals surface area (Å²) in [5.74, 6) is 2.82. The zero-order valence-electron chi connectivity index (χ0n) is 18.2. The second-order valence-electron chi connectivity index (χ2n) is 9.78. The van der Waals surface area contributed by atoms with E-state index in [0.717, 1.165) is 54.4 Å². The first-order valence-corrected chi connectivity index (χ1v) is 12.9. The van der Waals surface area contributed by atoms with Gasteiger partial charge in [-0.25, -0.2) is 9.97 Å². The van der Waals surface area contributed by atoms with Crippen molar-refractivity contribution < 1.29 is 4.79 Å². The molecule has 2 aliphatic heterocycles. The molecule has 7 heteroatoms. The van der Waals surface area contributed by atoms with Gasteiger partial charge in [-0.3, -0.25) is 9.78 Å². The van der Waals surface area contributed by atoms with Gasteiger partial charge in [-0.1, -0.05) is 0 Å². The fourth-order valence-corrected chi connectivity index (χ4v) is 7.40. The Balaban J connectivity index is 1.29. The van der Waals surface area contributed by atoms with Gasteiger partial charge in [0.2, 0.25) is 5.91 Å². The van der Waals surface area contributed by atoms with Crippen molar-refractivity contribution in [1.82, 2.24) is 19.9 Å². The molecular weight excluding hydrogens is 418 g/mol. The van der Waals surface area contributed by atoms with Gasteiger partial charge < -0.3 is 9.80 Å². The molecule has 3 fully saturated rings. The summed E-state index contributed by atoms with van der Waals surface area (Å²) in [6.45, 7) is 1.95. The van der Waals surface area contributed by atoms with E-state index in [0.29, 0.717) is 30.3 Å². The number of aromatic nitrogens is 3. The van der Waals surface area contributed by atoms with Crippen LogP contribution in [0.15, 0.2) is 24.5 Å². The van der Waals surface area contributed by atoms with Gasteiger partial charge in [0.15, 0.2) is 5.82 Å². The number of carbonyl (C=O) groups is 1. The summed E-state index contributed by atoms with van der Waals surface area (Å²) in [6.07, 6.45) is 12.4. The van der Waals surface area contributed by atoms with Gasteiger partial charge in [0, 0.05) is 54.4 Å². The number of pyridine rings is 1. The summed E-state index contributed by atoms with van der Waals surface area (Å²) in [7, 11) is 0. The van der Waals surface area contributed by atoms with Crippen molar-refractivity contribution in [3.8, 4) is 11.4 Å². The van der Waals surface area contributed by atoms with Gasteiger partial charge >= 0.3 is 0 Å². The van der Waals surface area contributed by atoms with Gasteiger partial charge in [0.1, 0.15) is 10.6 Å². The second-order valence-corrected chi connectivity index (χ2v) is 10.9. The van der Waals surface area contributed by atoms with Crippen LogP contribution in [0.4, 0.5) is 5.82 Å². The first-order chi connectivity index (χ1) is 15.8. The van der Waals surface area contributed by atoms with Crippen LogP contribution in [-0.4, -0.2) is 50.9 Å². The number of piperidine rings is 2. The Hall–Kier alpha value is -2.54. The van der Waals surface area contributed by atoms with E-state index >= 15 is 0 Å². The lowest BCUT2D eigenvalue weighted by atomic mass is 9.83. The van der Waals surface area contributed by atoms with Crippen molar-refractivity contribution in [2.75, 3.05) is 18.0 Å². The zero-order valence-corrected chi connectivity index (χ0v) is 19.0. The van der Waals surface area contributed by atoms with Crippen LogP contribution in [0.25, 0.3) is 21.6 Å². The first-order valence-electron chi connectivity index (χ1n) is 12.0. The largest absolute Gasteiger partial charge is 0.356 e. The summed E-state index contributed by atoms with van der Waals surface area (Å²) >= 11 is 1.86. The Morgan fingerprint density at radius 3 is 2.84 bits per heavy atom. The number of nitrogens with zero attached hydrogens (tertiary/aromatic N) is 5. The van der Waals surface area contributed by atoms with Gasteiger partial charge in [-0.2, -0.15) is 0 Å². The molecule has 3 aromatic heterocycles. The van der Waals surface area contributed by atoms with E-state index in [-0.39, 0.29) is 0 Å². The zero-order chi connectivity index (χ0) is 21.2.